The topological polar surface area (TPSA) is 69.0 Å². The van der Waals surface area contributed by atoms with E-state index in [2.05, 4.69) is 22.4 Å². The lowest BCUT2D eigenvalue weighted by Gasteiger charge is -2.29. The van der Waals surface area contributed by atoms with Crippen LogP contribution in [0.1, 0.15) is 32.6 Å². The molecular formula is C19H26N4O2S. The van der Waals surface area contributed by atoms with E-state index in [1.54, 1.807) is 7.11 Å². The maximum atomic E-state index is 12.3. The van der Waals surface area contributed by atoms with E-state index in [0.29, 0.717) is 17.7 Å². The molecule has 1 amide bonds. The number of benzene rings is 1. The van der Waals surface area contributed by atoms with E-state index in [0.717, 1.165) is 28.7 Å². The number of para-hydroxylation sites is 1. The van der Waals surface area contributed by atoms with E-state index < -0.39 is 0 Å². The quantitative estimate of drug-likeness (QED) is 0.786. The van der Waals surface area contributed by atoms with Gasteiger partial charge in [-0.05, 0) is 30.9 Å². The minimum atomic E-state index is 0.0654. The Morgan fingerprint density at radius 3 is 2.85 bits per heavy atom. The molecule has 0 bridgehead atoms. The smallest absolute Gasteiger partial charge is 0.230 e. The normalized spacial score (nSPS) is 20.0. The molecule has 1 heterocycles. The number of amides is 1. The summed E-state index contributed by atoms with van der Waals surface area (Å²) in [4.78, 5) is 12.3. The Bertz CT molecular complexity index is 762. The van der Waals surface area contributed by atoms with Gasteiger partial charge in [0.2, 0.25) is 5.91 Å². The lowest BCUT2D eigenvalue weighted by molar-refractivity contribution is -0.119. The molecule has 140 valence electrons. The molecule has 1 aromatic heterocycles. The van der Waals surface area contributed by atoms with Crippen molar-refractivity contribution in [2.45, 2.75) is 43.8 Å². The molecule has 1 aromatic carbocycles. The molecule has 1 fully saturated rings. The summed E-state index contributed by atoms with van der Waals surface area (Å²) in [6, 6.07) is 8.02. The number of ether oxygens (including phenoxy) is 1. The standard InChI is InChI=1S/C19H26N4O2S/c1-13-8-4-6-10-15(13)20-17(24)12-26-19-22-21-18(23(19)2)14-9-5-7-11-16(14)25-3/h5,7,9,11,13,15H,4,6,8,10,12H2,1-3H3,(H,20,24)/t13-,15-/m1/s1. The molecule has 6 nitrogen and oxygen atoms in total. The molecule has 0 aliphatic heterocycles. The van der Waals surface area contributed by atoms with Crippen LogP contribution in [-0.4, -0.2) is 39.6 Å². The van der Waals surface area contributed by atoms with Crippen LogP contribution < -0.4 is 10.1 Å². The predicted molar refractivity (Wildman–Crippen MR) is 103 cm³/mol. The van der Waals surface area contributed by atoms with E-state index in [1.165, 1.54) is 31.0 Å². The Kier molecular flexibility index (Phi) is 6.19. The SMILES string of the molecule is COc1ccccc1-c1nnc(SCC(=O)N[C@@H]2CCCC[C@H]2C)n1C. The summed E-state index contributed by atoms with van der Waals surface area (Å²) in [6.07, 6.45) is 4.75. The zero-order valence-electron chi connectivity index (χ0n) is 15.6. The van der Waals surface area contributed by atoms with Crippen LogP contribution in [-0.2, 0) is 11.8 Å². The molecule has 0 unspecified atom stereocenters. The van der Waals surface area contributed by atoms with E-state index in [-0.39, 0.29) is 5.91 Å². The molecule has 0 saturated heterocycles. The maximum absolute atomic E-state index is 12.3. The number of hydrogen-bond acceptors (Lipinski definition) is 5. The Labute approximate surface area is 158 Å². The third-order valence-electron chi connectivity index (χ3n) is 4.97. The summed E-state index contributed by atoms with van der Waals surface area (Å²) in [5.41, 5.74) is 0.886. The average molecular weight is 375 g/mol. The number of thioether (sulfide) groups is 1. The van der Waals surface area contributed by atoms with Crippen molar-refractivity contribution in [3.63, 3.8) is 0 Å². The molecule has 2 aromatic rings. The third-order valence-corrected chi connectivity index (χ3v) is 5.99. The molecule has 2 atom stereocenters. The number of aromatic nitrogens is 3. The van der Waals surface area contributed by atoms with E-state index in [1.807, 2.05) is 35.9 Å². The zero-order valence-corrected chi connectivity index (χ0v) is 16.4. The first-order valence-electron chi connectivity index (χ1n) is 9.05. The highest BCUT2D eigenvalue weighted by atomic mass is 32.2. The summed E-state index contributed by atoms with van der Waals surface area (Å²) in [7, 11) is 3.55. The largest absolute Gasteiger partial charge is 0.496 e. The van der Waals surface area contributed by atoms with Crippen molar-refractivity contribution in [2.75, 3.05) is 12.9 Å². The minimum Gasteiger partial charge on any atom is -0.496 e. The monoisotopic (exact) mass is 374 g/mol. The second-order valence-electron chi connectivity index (χ2n) is 6.79. The third kappa shape index (κ3) is 4.20. The predicted octanol–water partition coefficient (Wildman–Crippen LogP) is 3.28. The minimum absolute atomic E-state index is 0.0654. The number of methoxy groups -OCH3 is 1. The van der Waals surface area contributed by atoms with Gasteiger partial charge < -0.3 is 14.6 Å². The van der Waals surface area contributed by atoms with E-state index in [9.17, 15) is 4.79 Å². The molecule has 0 spiro atoms. The average Bonchev–Trinajstić information content (AvgIpc) is 3.02. The summed E-state index contributed by atoms with van der Waals surface area (Å²) in [6.45, 7) is 2.22. The Hall–Kier alpha value is -2.02. The van der Waals surface area contributed by atoms with Crippen LogP contribution in [0, 0.1) is 5.92 Å². The Morgan fingerprint density at radius 2 is 2.08 bits per heavy atom. The fourth-order valence-electron chi connectivity index (χ4n) is 3.41. The second kappa shape index (κ2) is 8.58. The van der Waals surface area contributed by atoms with Gasteiger partial charge in [0.1, 0.15) is 5.75 Å². The van der Waals surface area contributed by atoms with Gasteiger partial charge in [0, 0.05) is 13.1 Å². The highest BCUT2D eigenvalue weighted by molar-refractivity contribution is 7.99. The number of hydrogen-bond donors (Lipinski definition) is 1. The number of rotatable bonds is 6. The van der Waals surface area contributed by atoms with Gasteiger partial charge >= 0.3 is 0 Å². The molecule has 7 heteroatoms. The van der Waals surface area contributed by atoms with Gasteiger partial charge in [0.25, 0.3) is 0 Å². The van der Waals surface area contributed by atoms with Gasteiger partial charge in [-0.1, -0.05) is 43.7 Å². The van der Waals surface area contributed by atoms with Gasteiger partial charge in [0.05, 0.1) is 18.4 Å². The van der Waals surface area contributed by atoms with Crippen LogP contribution in [0.2, 0.25) is 0 Å². The fraction of sp³-hybridized carbons (Fsp3) is 0.526. The van der Waals surface area contributed by atoms with E-state index in [4.69, 9.17) is 4.74 Å². The Balaban J connectivity index is 1.62. The van der Waals surface area contributed by atoms with Crippen LogP contribution in [0.25, 0.3) is 11.4 Å². The first kappa shape index (κ1) is 18.8. The van der Waals surface area contributed by atoms with Crippen molar-refractivity contribution >= 4 is 17.7 Å². The van der Waals surface area contributed by atoms with Crippen molar-refractivity contribution in [2.24, 2.45) is 13.0 Å². The molecule has 26 heavy (non-hydrogen) atoms. The first-order valence-corrected chi connectivity index (χ1v) is 10.0. The van der Waals surface area contributed by atoms with Gasteiger partial charge in [-0.2, -0.15) is 0 Å². The molecular weight excluding hydrogens is 348 g/mol. The summed E-state index contributed by atoms with van der Waals surface area (Å²) in [5, 5.41) is 12.4. The molecule has 0 radical (unpaired) electrons. The van der Waals surface area contributed by atoms with Crippen molar-refractivity contribution < 1.29 is 9.53 Å². The van der Waals surface area contributed by atoms with Crippen LogP contribution >= 0.6 is 11.8 Å². The van der Waals surface area contributed by atoms with Crippen molar-refractivity contribution in [3.05, 3.63) is 24.3 Å². The fourth-order valence-corrected chi connectivity index (χ4v) is 4.14. The molecule has 1 aliphatic rings. The maximum Gasteiger partial charge on any atom is 0.230 e. The molecule has 1 aliphatic carbocycles. The van der Waals surface area contributed by atoms with E-state index >= 15 is 0 Å². The zero-order chi connectivity index (χ0) is 18.5. The van der Waals surface area contributed by atoms with Crippen LogP contribution in [0.4, 0.5) is 0 Å². The van der Waals surface area contributed by atoms with Crippen molar-refractivity contribution in [3.8, 4) is 17.1 Å². The second-order valence-corrected chi connectivity index (χ2v) is 7.73. The van der Waals surface area contributed by atoms with Crippen LogP contribution in [0.5, 0.6) is 5.75 Å². The summed E-state index contributed by atoms with van der Waals surface area (Å²) < 4.78 is 7.31. The molecule has 1 saturated carbocycles. The highest BCUT2D eigenvalue weighted by Crippen LogP contribution is 2.30. The first-order chi connectivity index (χ1) is 12.6. The van der Waals surface area contributed by atoms with Crippen molar-refractivity contribution in [1.29, 1.82) is 0 Å². The number of nitrogens with zero attached hydrogens (tertiary/aromatic N) is 3. The van der Waals surface area contributed by atoms with Gasteiger partial charge in [-0.25, -0.2) is 0 Å². The number of nitrogens with one attached hydrogen (secondary N) is 1. The Morgan fingerprint density at radius 1 is 1.31 bits per heavy atom. The highest BCUT2D eigenvalue weighted by Gasteiger charge is 2.23. The van der Waals surface area contributed by atoms with Crippen LogP contribution in [0.15, 0.2) is 29.4 Å². The lowest BCUT2D eigenvalue weighted by atomic mass is 9.86. The molecule has 1 N–H and O–H groups in total. The molecule has 3 rings (SSSR count). The summed E-state index contributed by atoms with van der Waals surface area (Å²) >= 11 is 1.41. The van der Waals surface area contributed by atoms with Gasteiger partial charge in [-0.15, -0.1) is 10.2 Å². The lowest BCUT2D eigenvalue weighted by Crippen LogP contribution is -2.41. The van der Waals surface area contributed by atoms with Gasteiger partial charge in [0.15, 0.2) is 11.0 Å². The number of carbonyl (C=O) groups excluding carboxylic acids is 1. The van der Waals surface area contributed by atoms with Crippen molar-refractivity contribution in [1.82, 2.24) is 20.1 Å². The summed E-state index contributed by atoms with van der Waals surface area (Å²) in [5.74, 6) is 2.45. The number of carbonyl (C=O) groups is 1. The van der Waals surface area contributed by atoms with Gasteiger partial charge in [-0.3, -0.25) is 4.79 Å². The van der Waals surface area contributed by atoms with Crippen LogP contribution in [0.3, 0.4) is 0 Å².